The number of amides is 1. The van der Waals surface area contributed by atoms with Crippen LogP contribution < -0.4 is 20.1 Å². The van der Waals surface area contributed by atoms with Crippen LogP contribution in [0, 0.1) is 10.1 Å². The summed E-state index contributed by atoms with van der Waals surface area (Å²) in [6.07, 6.45) is -0.155. The van der Waals surface area contributed by atoms with Gasteiger partial charge in [-0.3, -0.25) is 14.9 Å². The highest BCUT2D eigenvalue weighted by Gasteiger charge is 2.25. The molecule has 3 rings (SSSR count). The molecule has 0 aliphatic carbocycles. The Morgan fingerprint density at radius 2 is 2.08 bits per heavy atom. The van der Waals surface area contributed by atoms with Crippen molar-refractivity contribution in [3.8, 4) is 11.5 Å². The van der Waals surface area contributed by atoms with Crippen molar-refractivity contribution in [2.45, 2.75) is 19.1 Å². The number of hydrogen-bond donors (Lipinski definition) is 2. The molecule has 1 amide bonds. The van der Waals surface area contributed by atoms with Gasteiger partial charge in [0, 0.05) is 17.8 Å². The lowest BCUT2D eigenvalue weighted by Gasteiger charge is -2.26. The molecular formula is C18H20N3O5+. The van der Waals surface area contributed by atoms with Crippen molar-refractivity contribution in [3.05, 3.63) is 58.6 Å². The number of nitrogens with one attached hydrogen (secondary N) is 1. The summed E-state index contributed by atoms with van der Waals surface area (Å²) in [6.45, 7) is 2.74. The van der Waals surface area contributed by atoms with Crippen LogP contribution in [0.15, 0.2) is 48.5 Å². The van der Waals surface area contributed by atoms with Crippen molar-refractivity contribution < 1.29 is 24.5 Å². The number of para-hydroxylation sites is 2. The highest BCUT2D eigenvalue weighted by atomic mass is 16.6. The van der Waals surface area contributed by atoms with Crippen LogP contribution in [0.4, 0.5) is 11.4 Å². The number of carbonyl (C=O) groups is 1. The van der Waals surface area contributed by atoms with Crippen molar-refractivity contribution in [2.75, 3.05) is 18.5 Å². The topological polar surface area (TPSA) is 107 Å². The van der Waals surface area contributed by atoms with Gasteiger partial charge in [-0.1, -0.05) is 18.2 Å². The summed E-state index contributed by atoms with van der Waals surface area (Å²) in [7, 11) is 0. The van der Waals surface area contributed by atoms with E-state index in [1.807, 2.05) is 29.6 Å². The van der Waals surface area contributed by atoms with Crippen LogP contribution in [-0.4, -0.2) is 36.1 Å². The van der Waals surface area contributed by atoms with Crippen LogP contribution >= 0.6 is 0 Å². The fourth-order valence-corrected chi connectivity index (χ4v) is 2.60. The molecule has 0 unspecified atom stereocenters. The normalized spacial score (nSPS) is 16.6. The van der Waals surface area contributed by atoms with Crippen molar-refractivity contribution >= 4 is 17.3 Å². The van der Waals surface area contributed by atoms with Gasteiger partial charge in [-0.05, 0) is 25.1 Å². The fraction of sp³-hybridized carbons (Fsp3) is 0.278. The SMILES string of the molecule is C[C@H]([NH2+]C[C@H]1COc2ccccc2O1)C(=O)Nc1cccc([N+](=O)[O-])c1. The van der Waals surface area contributed by atoms with Crippen LogP contribution in [-0.2, 0) is 4.79 Å². The predicted octanol–water partition coefficient (Wildman–Crippen LogP) is 1.33. The standard InChI is InChI=1S/C18H19N3O5/c1-12(18(22)20-13-5-4-6-14(9-13)21(23)24)19-10-15-11-25-16-7-2-3-8-17(16)26-15/h2-9,12,15,19H,10-11H2,1H3,(H,20,22)/p+1/t12-,15-/m0/s1. The zero-order valence-corrected chi connectivity index (χ0v) is 14.3. The van der Waals surface area contributed by atoms with Gasteiger partial charge in [-0.15, -0.1) is 0 Å². The lowest BCUT2D eigenvalue weighted by atomic mass is 10.2. The van der Waals surface area contributed by atoms with Gasteiger partial charge in [-0.2, -0.15) is 0 Å². The number of fused-ring (bicyclic) bond motifs is 1. The highest BCUT2D eigenvalue weighted by Crippen LogP contribution is 2.30. The third-order valence-corrected chi connectivity index (χ3v) is 4.06. The third kappa shape index (κ3) is 4.28. The summed E-state index contributed by atoms with van der Waals surface area (Å²) in [5.41, 5.74) is 0.335. The van der Waals surface area contributed by atoms with Gasteiger partial charge in [-0.25, -0.2) is 0 Å². The van der Waals surface area contributed by atoms with E-state index in [0.29, 0.717) is 24.6 Å². The quantitative estimate of drug-likeness (QED) is 0.598. The van der Waals surface area contributed by atoms with Gasteiger partial charge in [0.1, 0.15) is 13.2 Å². The summed E-state index contributed by atoms with van der Waals surface area (Å²) >= 11 is 0. The number of anilines is 1. The average Bonchev–Trinajstić information content (AvgIpc) is 2.66. The third-order valence-electron chi connectivity index (χ3n) is 4.06. The Hall–Kier alpha value is -3.13. The second-order valence-corrected chi connectivity index (χ2v) is 6.05. The highest BCUT2D eigenvalue weighted by molar-refractivity contribution is 5.93. The molecule has 2 aromatic rings. The van der Waals surface area contributed by atoms with Gasteiger partial charge < -0.3 is 20.1 Å². The van der Waals surface area contributed by atoms with Crippen LogP contribution in [0.3, 0.4) is 0 Å². The first-order chi connectivity index (χ1) is 12.5. The maximum absolute atomic E-state index is 12.3. The largest absolute Gasteiger partial charge is 0.486 e. The molecule has 1 aliphatic rings. The van der Waals surface area contributed by atoms with E-state index < -0.39 is 4.92 Å². The molecule has 0 fully saturated rings. The zero-order valence-electron chi connectivity index (χ0n) is 14.3. The summed E-state index contributed by atoms with van der Waals surface area (Å²) in [5.74, 6) is 1.19. The van der Waals surface area contributed by atoms with E-state index in [2.05, 4.69) is 5.32 Å². The molecule has 26 heavy (non-hydrogen) atoms. The average molecular weight is 358 g/mol. The van der Waals surface area contributed by atoms with E-state index in [4.69, 9.17) is 9.47 Å². The van der Waals surface area contributed by atoms with Gasteiger partial charge in [0.05, 0.1) is 4.92 Å². The molecule has 2 aromatic carbocycles. The molecule has 0 spiro atoms. The molecule has 0 saturated heterocycles. The second kappa shape index (κ2) is 7.83. The Morgan fingerprint density at radius 1 is 1.31 bits per heavy atom. The minimum absolute atomic E-state index is 0.0640. The van der Waals surface area contributed by atoms with E-state index in [1.165, 1.54) is 18.2 Å². The first-order valence-electron chi connectivity index (χ1n) is 8.30. The molecule has 8 heteroatoms. The molecule has 1 heterocycles. The molecule has 8 nitrogen and oxygen atoms in total. The molecule has 1 aliphatic heterocycles. The Bertz CT molecular complexity index is 811. The maximum atomic E-state index is 12.3. The maximum Gasteiger partial charge on any atom is 0.282 e. The zero-order chi connectivity index (χ0) is 18.5. The molecule has 0 bridgehead atoms. The number of non-ortho nitro benzene ring substituents is 1. The predicted molar refractivity (Wildman–Crippen MR) is 94.3 cm³/mol. The minimum atomic E-state index is -0.497. The molecular weight excluding hydrogens is 338 g/mol. The summed E-state index contributed by atoms with van der Waals surface area (Å²) in [4.78, 5) is 22.6. The van der Waals surface area contributed by atoms with E-state index in [0.717, 1.165) is 5.75 Å². The summed E-state index contributed by atoms with van der Waals surface area (Å²) in [5, 5.41) is 15.3. The lowest BCUT2D eigenvalue weighted by molar-refractivity contribution is -0.678. The van der Waals surface area contributed by atoms with E-state index in [-0.39, 0.29) is 23.7 Å². The van der Waals surface area contributed by atoms with Crippen LogP contribution in [0.5, 0.6) is 11.5 Å². The lowest BCUT2D eigenvalue weighted by Crippen LogP contribution is -2.93. The Balaban J connectivity index is 1.50. The number of rotatable bonds is 6. The van der Waals surface area contributed by atoms with Gasteiger partial charge in [0.15, 0.2) is 23.6 Å². The first kappa shape index (κ1) is 17.7. The number of carbonyl (C=O) groups excluding carboxylic acids is 1. The van der Waals surface area contributed by atoms with E-state index in [1.54, 1.807) is 13.0 Å². The Kier molecular flexibility index (Phi) is 5.33. The van der Waals surface area contributed by atoms with Gasteiger partial charge in [0.2, 0.25) is 0 Å². The summed E-state index contributed by atoms with van der Waals surface area (Å²) in [6, 6.07) is 12.9. The van der Waals surface area contributed by atoms with Crippen molar-refractivity contribution in [1.29, 1.82) is 0 Å². The Labute approximate surface area is 150 Å². The molecule has 136 valence electrons. The molecule has 0 saturated carbocycles. The number of benzene rings is 2. The number of ether oxygens (including phenoxy) is 2. The van der Waals surface area contributed by atoms with Crippen molar-refractivity contribution in [2.24, 2.45) is 0 Å². The second-order valence-electron chi connectivity index (χ2n) is 6.05. The van der Waals surface area contributed by atoms with Gasteiger partial charge in [0.25, 0.3) is 11.6 Å². The van der Waals surface area contributed by atoms with E-state index in [9.17, 15) is 14.9 Å². The number of quaternary nitrogens is 1. The molecule has 0 aromatic heterocycles. The first-order valence-corrected chi connectivity index (χ1v) is 8.30. The van der Waals surface area contributed by atoms with Crippen LogP contribution in [0.25, 0.3) is 0 Å². The van der Waals surface area contributed by atoms with E-state index >= 15 is 0 Å². The molecule has 0 radical (unpaired) electrons. The van der Waals surface area contributed by atoms with Gasteiger partial charge >= 0.3 is 0 Å². The number of nitrogens with two attached hydrogens (primary N) is 1. The number of hydrogen-bond acceptors (Lipinski definition) is 5. The van der Waals surface area contributed by atoms with Crippen LogP contribution in [0.2, 0.25) is 0 Å². The Morgan fingerprint density at radius 3 is 2.85 bits per heavy atom. The molecule has 3 N–H and O–H groups in total. The smallest absolute Gasteiger partial charge is 0.282 e. The molecule has 2 atom stereocenters. The summed E-state index contributed by atoms with van der Waals surface area (Å²) < 4.78 is 11.5. The minimum Gasteiger partial charge on any atom is -0.486 e. The number of nitro benzene ring substituents is 1. The number of nitrogens with zero attached hydrogens (tertiary/aromatic N) is 1. The van der Waals surface area contributed by atoms with Crippen molar-refractivity contribution in [3.63, 3.8) is 0 Å². The monoisotopic (exact) mass is 358 g/mol. The number of nitro groups is 1. The van der Waals surface area contributed by atoms with Crippen LogP contribution in [0.1, 0.15) is 6.92 Å². The fourth-order valence-electron chi connectivity index (χ4n) is 2.60. The van der Waals surface area contributed by atoms with Crippen molar-refractivity contribution in [1.82, 2.24) is 0 Å².